The average molecular weight is 367 g/mol. The Bertz CT molecular complexity index is 785. The van der Waals surface area contributed by atoms with Gasteiger partial charge in [0, 0.05) is 38.4 Å². The number of carbonyl (C=O) groups is 1. The molecular weight excluding hydrogens is 341 g/mol. The highest BCUT2D eigenvalue weighted by Crippen LogP contribution is 2.23. The summed E-state index contributed by atoms with van der Waals surface area (Å²) in [6, 6.07) is 16.6. The molecule has 0 unspecified atom stereocenters. The van der Waals surface area contributed by atoms with E-state index in [0.29, 0.717) is 37.6 Å². The number of para-hydroxylation sites is 2. The molecule has 0 aliphatic carbocycles. The highest BCUT2D eigenvalue weighted by atomic mass is 19.1. The molecule has 0 N–H and O–H groups in total. The van der Waals surface area contributed by atoms with Crippen LogP contribution in [0.25, 0.3) is 0 Å². The van der Waals surface area contributed by atoms with E-state index in [2.05, 4.69) is 13.5 Å². The lowest BCUT2D eigenvalue weighted by Gasteiger charge is -2.38. The molecule has 1 amide bonds. The minimum atomic E-state index is -0.222. The van der Waals surface area contributed by atoms with Crippen LogP contribution in [0.4, 0.5) is 15.8 Å². The van der Waals surface area contributed by atoms with Crippen molar-refractivity contribution < 1.29 is 9.18 Å². The van der Waals surface area contributed by atoms with Crippen LogP contribution in [0.1, 0.15) is 13.3 Å². The van der Waals surface area contributed by atoms with E-state index in [1.165, 1.54) is 6.07 Å². The molecule has 142 valence electrons. The van der Waals surface area contributed by atoms with Crippen LogP contribution >= 0.6 is 0 Å². The van der Waals surface area contributed by atoms with Crippen molar-refractivity contribution in [2.24, 2.45) is 0 Å². The molecule has 1 aliphatic rings. The maximum atomic E-state index is 14.0. The summed E-state index contributed by atoms with van der Waals surface area (Å²) in [5.41, 5.74) is 2.06. The van der Waals surface area contributed by atoms with Gasteiger partial charge >= 0.3 is 0 Å². The van der Waals surface area contributed by atoms with Crippen LogP contribution < -0.4 is 9.80 Å². The van der Waals surface area contributed by atoms with Gasteiger partial charge in [-0.15, -0.1) is 0 Å². The van der Waals surface area contributed by atoms with Gasteiger partial charge in [-0.25, -0.2) is 4.39 Å². The van der Waals surface area contributed by atoms with Crippen molar-refractivity contribution in [3.63, 3.8) is 0 Å². The molecule has 0 atom stereocenters. The Hall–Kier alpha value is -2.82. The summed E-state index contributed by atoms with van der Waals surface area (Å²) in [6.45, 7) is 9.23. The van der Waals surface area contributed by atoms with E-state index in [1.54, 1.807) is 12.1 Å². The maximum Gasteiger partial charge on any atom is 0.269 e. The summed E-state index contributed by atoms with van der Waals surface area (Å²) in [5.74, 6) is -0.277. The summed E-state index contributed by atoms with van der Waals surface area (Å²) < 4.78 is 14.0. The van der Waals surface area contributed by atoms with Crippen molar-refractivity contribution in [1.82, 2.24) is 4.90 Å². The Morgan fingerprint density at radius 2 is 1.67 bits per heavy atom. The summed E-state index contributed by atoms with van der Waals surface area (Å²) in [5, 5.41) is 0. The number of nitrogens with zero attached hydrogens (tertiary/aromatic N) is 3. The molecule has 4 nitrogen and oxygen atoms in total. The van der Waals surface area contributed by atoms with Crippen LogP contribution in [-0.4, -0.2) is 43.5 Å². The zero-order chi connectivity index (χ0) is 19.2. The molecule has 0 saturated carbocycles. The molecule has 1 heterocycles. The molecule has 0 aromatic heterocycles. The number of hydrogen-bond donors (Lipinski definition) is 0. The fraction of sp³-hybridized carbons (Fsp3) is 0.318. The van der Waals surface area contributed by atoms with Crippen molar-refractivity contribution >= 4 is 17.3 Å². The summed E-state index contributed by atoms with van der Waals surface area (Å²) in [4.78, 5) is 18.8. The molecule has 2 aromatic rings. The SMILES string of the molecule is C=C(C(=O)N1CCN(c2ccccc2F)CC1)N(CCC)c1ccccc1. The van der Waals surface area contributed by atoms with E-state index < -0.39 is 0 Å². The monoisotopic (exact) mass is 367 g/mol. The Labute approximate surface area is 160 Å². The van der Waals surface area contributed by atoms with Crippen LogP contribution in [0.3, 0.4) is 0 Å². The number of piperazine rings is 1. The van der Waals surface area contributed by atoms with Gasteiger partial charge in [-0.3, -0.25) is 4.79 Å². The zero-order valence-corrected chi connectivity index (χ0v) is 15.8. The highest BCUT2D eigenvalue weighted by molar-refractivity contribution is 5.96. The van der Waals surface area contributed by atoms with Gasteiger partial charge < -0.3 is 14.7 Å². The molecule has 0 radical (unpaired) electrons. The lowest BCUT2D eigenvalue weighted by Crippen LogP contribution is -2.50. The smallest absolute Gasteiger partial charge is 0.269 e. The largest absolute Gasteiger partial charge is 0.366 e. The highest BCUT2D eigenvalue weighted by Gasteiger charge is 2.26. The first-order chi connectivity index (χ1) is 13.1. The quantitative estimate of drug-likeness (QED) is 0.725. The van der Waals surface area contributed by atoms with Gasteiger partial charge in [-0.2, -0.15) is 0 Å². The summed E-state index contributed by atoms with van der Waals surface area (Å²) in [6.07, 6.45) is 0.919. The minimum absolute atomic E-state index is 0.0551. The third kappa shape index (κ3) is 4.30. The second-order valence-corrected chi connectivity index (χ2v) is 6.66. The van der Waals surface area contributed by atoms with Crippen molar-refractivity contribution in [1.29, 1.82) is 0 Å². The average Bonchev–Trinajstić information content (AvgIpc) is 2.72. The van der Waals surface area contributed by atoms with Crippen LogP contribution in [0.5, 0.6) is 0 Å². The van der Waals surface area contributed by atoms with Gasteiger partial charge in [0.1, 0.15) is 5.82 Å². The van der Waals surface area contributed by atoms with E-state index in [-0.39, 0.29) is 11.7 Å². The van der Waals surface area contributed by atoms with E-state index in [9.17, 15) is 9.18 Å². The topological polar surface area (TPSA) is 26.8 Å². The van der Waals surface area contributed by atoms with E-state index in [1.807, 2.05) is 51.1 Å². The fourth-order valence-corrected chi connectivity index (χ4v) is 3.41. The molecule has 1 aliphatic heterocycles. The molecule has 5 heteroatoms. The Kier molecular flexibility index (Phi) is 6.12. The number of amides is 1. The molecule has 1 saturated heterocycles. The van der Waals surface area contributed by atoms with E-state index >= 15 is 0 Å². The Morgan fingerprint density at radius 3 is 2.30 bits per heavy atom. The third-order valence-corrected chi connectivity index (χ3v) is 4.85. The van der Waals surface area contributed by atoms with Crippen LogP contribution in [-0.2, 0) is 4.79 Å². The fourth-order valence-electron chi connectivity index (χ4n) is 3.41. The summed E-state index contributed by atoms with van der Waals surface area (Å²) >= 11 is 0. The molecule has 0 spiro atoms. The van der Waals surface area contributed by atoms with Gasteiger partial charge in [0.25, 0.3) is 5.91 Å². The number of benzene rings is 2. The van der Waals surface area contributed by atoms with Gasteiger partial charge in [0.2, 0.25) is 0 Å². The van der Waals surface area contributed by atoms with Crippen molar-refractivity contribution in [2.45, 2.75) is 13.3 Å². The number of rotatable bonds is 6. The predicted molar refractivity (Wildman–Crippen MR) is 108 cm³/mol. The Morgan fingerprint density at radius 1 is 1.04 bits per heavy atom. The third-order valence-electron chi connectivity index (χ3n) is 4.85. The minimum Gasteiger partial charge on any atom is -0.366 e. The van der Waals surface area contributed by atoms with Gasteiger partial charge in [0.15, 0.2) is 0 Å². The first-order valence-corrected chi connectivity index (χ1v) is 9.42. The second-order valence-electron chi connectivity index (χ2n) is 6.66. The standard InChI is InChI=1S/C22H26FN3O/c1-3-13-26(19-9-5-4-6-10-19)18(2)22(27)25-16-14-24(15-17-25)21-12-8-7-11-20(21)23/h4-12H,2-3,13-17H2,1H3. The molecule has 1 fully saturated rings. The lowest BCUT2D eigenvalue weighted by atomic mass is 10.2. The van der Waals surface area contributed by atoms with E-state index in [4.69, 9.17) is 0 Å². The molecular formula is C22H26FN3O. The lowest BCUT2D eigenvalue weighted by molar-refractivity contribution is -0.127. The molecule has 3 rings (SSSR count). The van der Waals surface area contributed by atoms with Crippen LogP contribution in [0, 0.1) is 5.82 Å². The summed E-state index contributed by atoms with van der Waals surface area (Å²) in [7, 11) is 0. The predicted octanol–water partition coefficient (Wildman–Crippen LogP) is 3.90. The van der Waals surface area contributed by atoms with Crippen LogP contribution in [0.2, 0.25) is 0 Å². The number of hydrogen-bond acceptors (Lipinski definition) is 3. The zero-order valence-electron chi connectivity index (χ0n) is 15.8. The first-order valence-electron chi connectivity index (χ1n) is 9.42. The van der Waals surface area contributed by atoms with Crippen molar-refractivity contribution in [3.8, 4) is 0 Å². The van der Waals surface area contributed by atoms with Crippen molar-refractivity contribution in [2.75, 3.05) is 42.5 Å². The van der Waals surface area contributed by atoms with Gasteiger partial charge in [-0.05, 0) is 30.7 Å². The molecule has 0 bridgehead atoms. The number of carbonyl (C=O) groups excluding carboxylic acids is 1. The molecule has 2 aromatic carbocycles. The van der Waals surface area contributed by atoms with Crippen LogP contribution in [0.15, 0.2) is 66.9 Å². The number of anilines is 2. The first kappa shape index (κ1) is 19.0. The van der Waals surface area contributed by atoms with Gasteiger partial charge in [0.05, 0.1) is 11.4 Å². The maximum absolute atomic E-state index is 14.0. The van der Waals surface area contributed by atoms with E-state index in [0.717, 1.165) is 18.7 Å². The number of halogens is 1. The molecule has 27 heavy (non-hydrogen) atoms. The normalized spacial score (nSPS) is 14.1. The van der Waals surface area contributed by atoms with Crippen molar-refractivity contribution in [3.05, 3.63) is 72.7 Å². The Balaban J connectivity index is 1.66. The second kappa shape index (κ2) is 8.71. The van der Waals surface area contributed by atoms with Gasteiger partial charge in [-0.1, -0.05) is 43.8 Å².